The number of hydrogen-bond donors (Lipinski definition) is 1. The van der Waals surface area contributed by atoms with Gasteiger partial charge in [-0.15, -0.1) is 12.4 Å². The Morgan fingerprint density at radius 1 is 1.22 bits per heavy atom. The van der Waals surface area contributed by atoms with Crippen LogP contribution in [0.4, 0.5) is 0 Å². The number of nitrogens with zero attached hydrogens (tertiary/aromatic N) is 1. The summed E-state index contributed by atoms with van der Waals surface area (Å²) < 4.78 is 0. The second kappa shape index (κ2) is 8.95. The molecule has 102 valence electrons. The lowest BCUT2D eigenvalue weighted by molar-refractivity contribution is 0.0762. The average Bonchev–Trinajstić information content (AvgIpc) is 2.39. The van der Waals surface area contributed by atoms with Gasteiger partial charge < -0.3 is 10.6 Å². The first-order valence-corrected chi connectivity index (χ1v) is 6.31. The summed E-state index contributed by atoms with van der Waals surface area (Å²) >= 11 is 0. The lowest BCUT2D eigenvalue weighted by Gasteiger charge is -2.20. The number of unbranched alkanes of at least 4 members (excludes halogenated alkanes) is 1. The Morgan fingerprint density at radius 3 is 2.28 bits per heavy atom. The molecule has 1 rings (SSSR count). The molecule has 0 spiro atoms. The highest BCUT2D eigenvalue weighted by Gasteiger charge is 2.12. The van der Waals surface area contributed by atoms with E-state index in [1.165, 1.54) is 0 Å². The van der Waals surface area contributed by atoms with Gasteiger partial charge in [-0.3, -0.25) is 4.79 Å². The molecular weight excluding hydrogens is 248 g/mol. The Bertz CT molecular complexity index is 351. The van der Waals surface area contributed by atoms with Gasteiger partial charge in [0.1, 0.15) is 0 Å². The number of benzene rings is 1. The molecule has 1 aromatic rings. The van der Waals surface area contributed by atoms with E-state index in [9.17, 15) is 4.79 Å². The van der Waals surface area contributed by atoms with Crippen LogP contribution in [-0.4, -0.2) is 23.9 Å². The van der Waals surface area contributed by atoms with Crippen molar-refractivity contribution in [1.29, 1.82) is 0 Å². The van der Waals surface area contributed by atoms with Crippen LogP contribution in [0.15, 0.2) is 24.3 Å². The fourth-order valence-electron chi connectivity index (χ4n) is 1.72. The van der Waals surface area contributed by atoms with Crippen molar-refractivity contribution in [3.05, 3.63) is 35.4 Å². The summed E-state index contributed by atoms with van der Waals surface area (Å²) in [5.74, 6) is 0.115. The molecule has 3 nitrogen and oxygen atoms in total. The Morgan fingerprint density at radius 2 is 1.83 bits per heavy atom. The van der Waals surface area contributed by atoms with E-state index in [1.54, 1.807) is 0 Å². The maximum atomic E-state index is 12.2. The molecule has 0 saturated carbocycles. The van der Waals surface area contributed by atoms with Crippen molar-refractivity contribution in [3.63, 3.8) is 0 Å². The molecule has 0 heterocycles. The number of carbonyl (C=O) groups excluding carboxylic acids is 1. The first-order valence-electron chi connectivity index (χ1n) is 6.31. The fourth-order valence-corrected chi connectivity index (χ4v) is 1.72. The molecule has 1 aromatic carbocycles. The maximum Gasteiger partial charge on any atom is 0.253 e. The van der Waals surface area contributed by atoms with Crippen LogP contribution in [0.3, 0.4) is 0 Å². The molecule has 0 aliphatic heterocycles. The van der Waals surface area contributed by atoms with Crippen LogP contribution in [0.1, 0.15) is 42.6 Å². The Hall–Kier alpha value is -1.06. The smallest absolute Gasteiger partial charge is 0.253 e. The standard InChI is InChI=1S/C14H22N2O.ClH/c1-3-5-10-16(4-2)14(17)13-8-6-12(11-15)7-9-13;/h6-9H,3-5,10-11,15H2,1-2H3;1H. The van der Waals surface area contributed by atoms with Gasteiger partial charge in [0.05, 0.1) is 0 Å². The van der Waals surface area contributed by atoms with Gasteiger partial charge >= 0.3 is 0 Å². The molecule has 18 heavy (non-hydrogen) atoms. The van der Waals surface area contributed by atoms with Gasteiger partial charge in [-0.2, -0.15) is 0 Å². The van der Waals surface area contributed by atoms with Gasteiger partial charge in [-0.1, -0.05) is 25.5 Å². The topological polar surface area (TPSA) is 46.3 Å². The van der Waals surface area contributed by atoms with E-state index < -0.39 is 0 Å². The third-order valence-corrected chi connectivity index (χ3v) is 2.89. The van der Waals surface area contributed by atoms with E-state index >= 15 is 0 Å². The highest BCUT2D eigenvalue weighted by atomic mass is 35.5. The van der Waals surface area contributed by atoms with Crippen molar-refractivity contribution in [3.8, 4) is 0 Å². The van der Waals surface area contributed by atoms with E-state index in [1.807, 2.05) is 36.1 Å². The number of hydrogen-bond acceptors (Lipinski definition) is 2. The summed E-state index contributed by atoms with van der Waals surface area (Å²) in [5, 5.41) is 0. The molecule has 1 amide bonds. The van der Waals surface area contributed by atoms with Gasteiger partial charge in [0.15, 0.2) is 0 Å². The third kappa shape index (κ3) is 4.67. The second-order valence-corrected chi connectivity index (χ2v) is 4.14. The van der Waals surface area contributed by atoms with Crippen LogP contribution < -0.4 is 5.73 Å². The maximum absolute atomic E-state index is 12.2. The zero-order valence-corrected chi connectivity index (χ0v) is 12.0. The fraction of sp³-hybridized carbons (Fsp3) is 0.500. The number of amides is 1. The van der Waals surface area contributed by atoms with Gasteiger partial charge in [0.2, 0.25) is 0 Å². The summed E-state index contributed by atoms with van der Waals surface area (Å²) in [6, 6.07) is 7.56. The van der Waals surface area contributed by atoms with Crippen LogP contribution in [0, 0.1) is 0 Å². The predicted octanol–water partition coefficient (Wildman–Crippen LogP) is 2.83. The van der Waals surface area contributed by atoms with Crippen LogP contribution in [-0.2, 0) is 6.54 Å². The molecule has 0 unspecified atom stereocenters. The quantitative estimate of drug-likeness (QED) is 0.864. The van der Waals surface area contributed by atoms with Gasteiger partial charge in [0.25, 0.3) is 5.91 Å². The van der Waals surface area contributed by atoms with Crippen LogP contribution >= 0.6 is 12.4 Å². The zero-order valence-electron chi connectivity index (χ0n) is 11.2. The molecule has 0 radical (unpaired) electrons. The molecule has 0 aromatic heterocycles. The minimum Gasteiger partial charge on any atom is -0.339 e. The Kier molecular flexibility index (Phi) is 8.42. The molecule has 0 aliphatic rings. The Balaban J connectivity index is 0.00000289. The molecule has 2 N–H and O–H groups in total. The van der Waals surface area contributed by atoms with E-state index in [-0.39, 0.29) is 18.3 Å². The van der Waals surface area contributed by atoms with Gasteiger partial charge in [-0.25, -0.2) is 0 Å². The molecule has 0 aliphatic carbocycles. The monoisotopic (exact) mass is 270 g/mol. The van der Waals surface area contributed by atoms with E-state index in [2.05, 4.69) is 6.92 Å². The first-order chi connectivity index (χ1) is 8.22. The summed E-state index contributed by atoms with van der Waals surface area (Å²) in [7, 11) is 0. The lowest BCUT2D eigenvalue weighted by atomic mass is 10.1. The SMILES string of the molecule is CCCCN(CC)C(=O)c1ccc(CN)cc1.Cl. The van der Waals surface area contributed by atoms with Crippen molar-refractivity contribution in [2.45, 2.75) is 33.2 Å². The van der Waals surface area contributed by atoms with Crippen LogP contribution in [0.2, 0.25) is 0 Å². The highest BCUT2D eigenvalue weighted by molar-refractivity contribution is 5.94. The minimum absolute atomic E-state index is 0. The highest BCUT2D eigenvalue weighted by Crippen LogP contribution is 2.08. The van der Waals surface area contributed by atoms with Crippen LogP contribution in [0.5, 0.6) is 0 Å². The van der Waals surface area contributed by atoms with E-state index in [4.69, 9.17) is 5.73 Å². The zero-order chi connectivity index (χ0) is 12.7. The molecule has 4 heteroatoms. The predicted molar refractivity (Wildman–Crippen MR) is 78.1 cm³/mol. The first kappa shape index (κ1) is 16.9. The number of carbonyl (C=O) groups is 1. The normalized spacial score (nSPS) is 9.72. The summed E-state index contributed by atoms with van der Waals surface area (Å²) in [5.41, 5.74) is 7.34. The molecular formula is C14H23ClN2O. The third-order valence-electron chi connectivity index (χ3n) is 2.89. The molecule has 0 bridgehead atoms. The van der Waals surface area contributed by atoms with Gasteiger partial charge in [0, 0.05) is 25.2 Å². The Labute approximate surface area is 116 Å². The van der Waals surface area contributed by atoms with E-state index in [0.29, 0.717) is 6.54 Å². The van der Waals surface area contributed by atoms with Crippen molar-refractivity contribution in [2.24, 2.45) is 5.73 Å². The molecule has 0 atom stereocenters. The average molecular weight is 271 g/mol. The van der Waals surface area contributed by atoms with Crippen molar-refractivity contribution in [2.75, 3.05) is 13.1 Å². The minimum atomic E-state index is 0. The number of rotatable bonds is 6. The van der Waals surface area contributed by atoms with Crippen molar-refractivity contribution >= 4 is 18.3 Å². The van der Waals surface area contributed by atoms with Crippen molar-refractivity contribution in [1.82, 2.24) is 4.90 Å². The second-order valence-electron chi connectivity index (χ2n) is 4.14. The van der Waals surface area contributed by atoms with Crippen molar-refractivity contribution < 1.29 is 4.79 Å². The molecule has 0 saturated heterocycles. The number of halogens is 1. The van der Waals surface area contributed by atoms with Crippen LogP contribution in [0.25, 0.3) is 0 Å². The largest absolute Gasteiger partial charge is 0.339 e. The number of nitrogens with two attached hydrogens (primary N) is 1. The summed E-state index contributed by atoms with van der Waals surface area (Å²) in [6.07, 6.45) is 2.16. The molecule has 0 fully saturated rings. The van der Waals surface area contributed by atoms with Gasteiger partial charge in [-0.05, 0) is 31.0 Å². The van der Waals surface area contributed by atoms with E-state index in [0.717, 1.165) is 37.1 Å². The lowest BCUT2D eigenvalue weighted by Crippen LogP contribution is -2.31. The summed E-state index contributed by atoms with van der Waals surface area (Å²) in [4.78, 5) is 14.1. The summed E-state index contributed by atoms with van der Waals surface area (Å²) in [6.45, 7) is 6.26.